The van der Waals surface area contributed by atoms with Crippen LogP contribution in [0.1, 0.15) is 11.1 Å². The maximum atomic E-state index is 8.82. The Morgan fingerprint density at radius 1 is 1.22 bits per heavy atom. The van der Waals surface area contributed by atoms with Crippen LogP contribution >= 0.6 is 11.6 Å². The van der Waals surface area contributed by atoms with Crippen LogP contribution in [0, 0.1) is 11.3 Å². The number of halogens is 1. The molecule has 0 saturated heterocycles. The molecule has 0 aliphatic carbocycles. The SMILES string of the molecule is N#Cc1cccc(CNc2ccc(Cl)cc2N)c1. The smallest absolute Gasteiger partial charge is 0.0991 e. The Balaban J connectivity index is 2.09. The van der Waals surface area contributed by atoms with E-state index < -0.39 is 0 Å². The van der Waals surface area contributed by atoms with Crippen LogP contribution in [0.2, 0.25) is 5.02 Å². The van der Waals surface area contributed by atoms with Crippen molar-refractivity contribution in [1.82, 2.24) is 0 Å². The molecule has 0 aliphatic rings. The molecule has 4 heteroatoms. The molecule has 3 N–H and O–H groups in total. The van der Waals surface area contributed by atoms with Crippen molar-refractivity contribution in [2.45, 2.75) is 6.54 Å². The summed E-state index contributed by atoms with van der Waals surface area (Å²) in [5.41, 5.74) is 8.97. The van der Waals surface area contributed by atoms with E-state index in [-0.39, 0.29) is 0 Å². The standard InChI is InChI=1S/C14H12ClN3/c15-12-4-5-14(13(17)7-12)18-9-11-3-1-2-10(6-11)8-16/h1-7,18H,9,17H2. The van der Waals surface area contributed by atoms with E-state index in [9.17, 15) is 0 Å². The van der Waals surface area contributed by atoms with E-state index in [0.29, 0.717) is 22.8 Å². The predicted octanol–water partition coefficient (Wildman–Crippen LogP) is 3.41. The summed E-state index contributed by atoms with van der Waals surface area (Å²) in [6.07, 6.45) is 0. The van der Waals surface area contributed by atoms with Crippen LogP contribution in [0.4, 0.5) is 11.4 Å². The van der Waals surface area contributed by atoms with Gasteiger partial charge >= 0.3 is 0 Å². The fourth-order valence-electron chi connectivity index (χ4n) is 1.64. The first-order valence-corrected chi connectivity index (χ1v) is 5.85. The number of benzene rings is 2. The average Bonchev–Trinajstić information content (AvgIpc) is 2.38. The van der Waals surface area contributed by atoms with E-state index >= 15 is 0 Å². The number of nitrogen functional groups attached to an aromatic ring is 1. The highest BCUT2D eigenvalue weighted by Crippen LogP contribution is 2.23. The number of nitrogens with zero attached hydrogens (tertiary/aromatic N) is 1. The molecule has 90 valence electrons. The maximum Gasteiger partial charge on any atom is 0.0991 e. The second-order valence-electron chi connectivity index (χ2n) is 3.90. The molecule has 3 nitrogen and oxygen atoms in total. The number of hydrogen-bond donors (Lipinski definition) is 2. The topological polar surface area (TPSA) is 61.8 Å². The zero-order valence-electron chi connectivity index (χ0n) is 9.65. The molecule has 0 aliphatic heterocycles. The molecule has 0 heterocycles. The number of nitrogens with one attached hydrogen (secondary N) is 1. The molecule has 0 radical (unpaired) electrons. The molecule has 18 heavy (non-hydrogen) atoms. The average molecular weight is 258 g/mol. The maximum absolute atomic E-state index is 8.82. The fourth-order valence-corrected chi connectivity index (χ4v) is 1.82. The number of nitriles is 1. The molecule has 0 bridgehead atoms. The summed E-state index contributed by atoms with van der Waals surface area (Å²) < 4.78 is 0. The molecule has 0 fully saturated rings. The lowest BCUT2D eigenvalue weighted by atomic mass is 10.1. The van der Waals surface area contributed by atoms with Crippen molar-refractivity contribution in [3.8, 4) is 6.07 Å². The van der Waals surface area contributed by atoms with Crippen molar-refractivity contribution in [1.29, 1.82) is 5.26 Å². The molecule has 2 aromatic carbocycles. The summed E-state index contributed by atoms with van der Waals surface area (Å²) in [4.78, 5) is 0. The summed E-state index contributed by atoms with van der Waals surface area (Å²) in [5.74, 6) is 0. The van der Waals surface area contributed by atoms with Gasteiger partial charge in [-0.1, -0.05) is 23.7 Å². The lowest BCUT2D eigenvalue weighted by Crippen LogP contribution is -2.02. The molecule has 0 aromatic heterocycles. The Bertz CT molecular complexity index is 602. The third kappa shape index (κ3) is 2.93. The van der Waals surface area contributed by atoms with Gasteiger partial charge in [-0.05, 0) is 35.9 Å². The van der Waals surface area contributed by atoms with Crippen LogP contribution in [-0.2, 0) is 6.54 Å². The monoisotopic (exact) mass is 257 g/mol. The molecular weight excluding hydrogens is 246 g/mol. The van der Waals surface area contributed by atoms with Crippen molar-refractivity contribution in [2.75, 3.05) is 11.1 Å². The van der Waals surface area contributed by atoms with Crippen LogP contribution in [0.15, 0.2) is 42.5 Å². The van der Waals surface area contributed by atoms with Crippen LogP contribution in [0.3, 0.4) is 0 Å². The van der Waals surface area contributed by atoms with Gasteiger partial charge in [0.05, 0.1) is 23.0 Å². The van der Waals surface area contributed by atoms with Gasteiger partial charge in [-0.2, -0.15) is 5.26 Å². The summed E-state index contributed by atoms with van der Waals surface area (Å²) in [6, 6.07) is 14.9. The van der Waals surface area contributed by atoms with Gasteiger partial charge in [0.15, 0.2) is 0 Å². The van der Waals surface area contributed by atoms with Gasteiger partial charge in [0, 0.05) is 11.6 Å². The summed E-state index contributed by atoms with van der Waals surface area (Å²) >= 11 is 5.83. The molecule has 2 aromatic rings. The summed E-state index contributed by atoms with van der Waals surface area (Å²) in [7, 11) is 0. The van der Waals surface area contributed by atoms with Crippen LogP contribution in [-0.4, -0.2) is 0 Å². The molecule has 0 unspecified atom stereocenters. The third-order valence-electron chi connectivity index (χ3n) is 2.55. The lowest BCUT2D eigenvalue weighted by Gasteiger charge is -2.09. The van der Waals surface area contributed by atoms with Crippen molar-refractivity contribution in [3.63, 3.8) is 0 Å². The Labute approximate surface area is 111 Å². The Morgan fingerprint density at radius 2 is 2.06 bits per heavy atom. The van der Waals surface area contributed by atoms with Crippen molar-refractivity contribution >= 4 is 23.0 Å². The Morgan fingerprint density at radius 3 is 2.78 bits per heavy atom. The number of rotatable bonds is 3. The molecule has 0 amide bonds. The zero-order chi connectivity index (χ0) is 13.0. The van der Waals surface area contributed by atoms with E-state index in [0.717, 1.165) is 11.3 Å². The van der Waals surface area contributed by atoms with Gasteiger partial charge in [0.25, 0.3) is 0 Å². The van der Waals surface area contributed by atoms with Gasteiger partial charge in [-0.15, -0.1) is 0 Å². The summed E-state index contributed by atoms with van der Waals surface area (Å²) in [5, 5.41) is 12.6. The van der Waals surface area contributed by atoms with Crippen molar-refractivity contribution < 1.29 is 0 Å². The molecule has 0 atom stereocenters. The largest absolute Gasteiger partial charge is 0.397 e. The van der Waals surface area contributed by atoms with E-state index in [2.05, 4.69) is 11.4 Å². The predicted molar refractivity (Wildman–Crippen MR) is 74.3 cm³/mol. The van der Waals surface area contributed by atoms with E-state index in [4.69, 9.17) is 22.6 Å². The minimum Gasteiger partial charge on any atom is -0.397 e. The van der Waals surface area contributed by atoms with Crippen LogP contribution < -0.4 is 11.1 Å². The highest BCUT2D eigenvalue weighted by Gasteiger charge is 2.00. The van der Waals surface area contributed by atoms with Gasteiger partial charge in [-0.3, -0.25) is 0 Å². The lowest BCUT2D eigenvalue weighted by molar-refractivity contribution is 1.15. The van der Waals surface area contributed by atoms with Gasteiger partial charge in [0.2, 0.25) is 0 Å². The second kappa shape index (κ2) is 5.44. The fraction of sp³-hybridized carbons (Fsp3) is 0.0714. The summed E-state index contributed by atoms with van der Waals surface area (Å²) in [6.45, 7) is 0.612. The number of nitrogens with two attached hydrogens (primary N) is 1. The molecule has 2 rings (SSSR count). The van der Waals surface area contributed by atoms with Crippen LogP contribution in [0.25, 0.3) is 0 Å². The van der Waals surface area contributed by atoms with Gasteiger partial charge in [0.1, 0.15) is 0 Å². The zero-order valence-corrected chi connectivity index (χ0v) is 10.4. The Kier molecular flexibility index (Phi) is 3.71. The number of anilines is 2. The first kappa shape index (κ1) is 12.3. The quantitative estimate of drug-likeness (QED) is 0.829. The van der Waals surface area contributed by atoms with E-state index in [1.165, 1.54) is 0 Å². The third-order valence-corrected chi connectivity index (χ3v) is 2.79. The second-order valence-corrected chi connectivity index (χ2v) is 4.33. The van der Waals surface area contributed by atoms with Crippen LogP contribution in [0.5, 0.6) is 0 Å². The minimum absolute atomic E-state index is 0.610. The highest BCUT2D eigenvalue weighted by atomic mass is 35.5. The first-order valence-electron chi connectivity index (χ1n) is 5.47. The molecule has 0 spiro atoms. The van der Waals surface area contributed by atoms with Crippen molar-refractivity contribution in [2.24, 2.45) is 0 Å². The minimum atomic E-state index is 0.610. The van der Waals surface area contributed by atoms with E-state index in [1.54, 1.807) is 18.2 Å². The first-order chi connectivity index (χ1) is 8.69. The van der Waals surface area contributed by atoms with Gasteiger partial charge < -0.3 is 11.1 Å². The van der Waals surface area contributed by atoms with Crippen molar-refractivity contribution in [3.05, 3.63) is 58.6 Å². The van der Waals surface area contributed by atoms with E-state index in [1.807, 2.05) is 24.3 Å². The molecule has 0 saturated carbocycles. The highest BCUT2D eigenvalue weighted by molar-refractivity contribution is 6.31. The normalized spacial score (nSPS) is 9.78. The Hall–Kier alpha value is -2.18. The number of hydrogen-bond acceptors (Lipinski definition) is 3. The van der Waals surface area contributed by atoms with Gasteiger partial charge in [-0.25, -0.2) is 0 Å². The molecular formula is C14H12ClN3.